The molecule has 0 radical (unpaired) electrons. The van der Waals surface area contributed by atoms with Crippen LogP contribution in [0.3, 0.4) is 0 Å². The second kappa shape index (κ2) is 28.6. The van der Waals surface area contributed by atoms with Gasteiger partial charge in [-0.2, -0.15) is 0 Å². The molecule has 0 bridgehead atoms. The van der Waals surface area contributed by atoms with Gasteiger partial charge in [0.15, 0.2) is 0 Å². The fraction of sp³-hybridized carbons (Fsp3) is 0.266. The average Bonchev–Trinajstić information content (AvgIpc) is 3.41. The number of hydrogen-bond acceptors (Lipinski definition) is 11. The first-order valence-corrected chi connectivity index (χ1v) is 26.6. The third-order valence-corrected chi connectivity index (χ3v) is 12.7. The van der Waals surface area contributed by atoms with Gasteiger partial charge in [-0.25, -0.2) is 14.4 Å². The summed E-state index contributed by atoms with van der Waals surface area (Å²) >= 11 is 9.53. The molecule has 2 heterocycles. The molecule has 0 saturated carbocycles. The van der Waals surface area contributed by atoms with E-state index in [-0.39, 0.29) is 67.5 Å². The van der Waals surface area contributed by atoms with Crippen molar-refractivity contribution in [2.24, 2.45) is 5.73 Å². The number of esters is 2. The summed E-state index contributed by atoms with van der Waals surface area (Å²) in [5.74, 6) is -1.68. The maximum Gasteiger partial charge on any atom is 0.407 e. The Morgan fingerprint density at radius 1 is 0.538 bits per heavy atom. The number of aryl methyl sites for hydroxylation is 4. The first-order chi connectivity index (χ1) is 37.3. The van der Waals surface area contributed by atoms with Crippen LogP contribution in [0.2, 0.25) is 0 Å². The van der Waals surface area contributed by atoms with Crippen molar-refractivity contribution in [1.29, 1.82) is 0 Å². The number of hydrogen-bond donors (Lipinski definition) is 2. The predicted octanol–water partition coefficient (Wildman–Crippen LogP) is 13.1. The molecule has 8 aromatic rings. The molecule has 0 aliphatic heterocycles. The van der Waals surface area contributed by atoms with Gasteiger partial charge in [0.25, 0.3) is 0 Å². The molecule has 404 valence electrons. The summed E-state index contributed by atoms with van der Waals surface area (Å²) < 4.78 is 16.4. The second-order valence-corrected chi connectivity index (χ2v) is 20.8. The highest BCUT2D eigenvalue weighted by Crippen LogP contribution is 2.25. The minimum atomic E-state index is -0.653. The number of carbonyl (C=O) groups is 5. The second-order valence-electron chi connectivity index (χ2n) is 20.0. The van der Waals surface area contributed by atoms with Crippen molar-refractivity contribution in [3.8, 4) is 0 Å². The van der Waals surface area contributed by atoms with Crippen LogP contribution in [0, 0.1) is 27.7 Å². The molecule has 0 aliphatic carbocycles. The third kappa shape index (κ3) is 17.6. The number of carbonyl (C=O) groups excluding carboxylic acids is 5. The highest BCUT2D eigenvalue weighted by molar-refractivity contribution is 6.40. The smallest absolute Gasteiger partial charge is 0.407 e. The molecule has 2 unspecified atom stereocenters. The van der Waals surface area contributed by atoms with Gasteiger partial charge < -0.3 is 25.3 Å². The third-order valence-electron chi connectivity index (χ3n) is 12.7. The van der Waals surface area contributed by atoms with E-state index in [9.17, 15) is 24.0 Å². The number of nitrogens with zero attached hydrogens (tertiary/aromatic N) is 2. The van der Waals surface area contributed by atoms with Crippen LogP contribution < -0.4 is 11.1 Å². The molecule has 6 aromatic carbocycles. The zero-order valence-corrected chi connectivity index (χ0v) is 46.6. The van der Waals surface area contributed by atoms with E-state index in [1.54, 1.807) is 51.5 Å². The molecule has 8 rings (SSSR count). The van der Waals surface area contributed by atoms with Gasteiger partial charge in [0, 0.05) is 61.5 Å². The number of halogens is 2. The highest BCUT2D eigenvalue weighted by atomic mass is 35.5. The summed E-state index contributed by atoms with van der Waals surface area (Å²) in [4.78, 5) is 72.3. The lowest BCUT2D eigenvalue weighted by Gasteiger charge is -2.22. The molecule has 12 nitrogen and oxygen atoms in total. The van der Waals surface area contributed by atoms with Gasteiger partial charge in [0.05, 0.1) is 28.3 Å². The summed E-state index contributed by atoms with van der Waals surface area (Å²) in [5.41, 5.74) is 15.5. The van der Waals surface area contributed by atoms with Gasteiger partial charge in [-0.05, 0) is 128 Å². The predicted molar refractivity (Wildman–Crippen MR) is 309 cm³/mol. The monoisotopic (exact) mass is 1090 g/mol. The molecule has 3 N–H and O–H groups in total. The fourth-order valence-corrected chi connectivity index (χ4v) is 8.74. The van der Waals surface area contributed by atoms with Gasteiger partial charge in [0.2, 0.25) is 0 Å². The Morgan fingerprint density at radius 3 is 1.36 bits per heavy atom. The summed E-state index contributed by atoms with van der Waals surface area (Å²) in [6.07, 6.45) is 7.01. The number of alkyl carbamates (subject to hydrolysis) is 1. The van der Waals surface area contributed by atoms with E-state index in [1.807, 2.05) is 155 Å². The minimum absolute atomic E-state index is 0.0384. The van der Waals surface area contributed by atoms with Crippen LogP contribution in [-0.4, -0.2) is 63.6 Å². The number of aromatic nitrogens is 2. The number of alkyl halides is 2. The summed E-state index contributed by atoms with van der Waals surface area (Å²) in [5, 5.41) is 7.06. The Bertz CT molecular complexity index is 3360. The molecular formula is C64H66Cl2N4O8. The van der Waals surface area contributed by atoms with Crippen LogP contribution in [0.25, 0.3) is 21.5 Å². The number of ether oxygens (including phenoxy) is 3. The molecule has 2 atom stereocenters. The molecule has 0 saturated heterocycles. The number of pyridine rings is 2. The lowest BCUT2D eigenvalue weighted by Crippen LogP contribution is -2.36. The lowest BCUT2D eigenvalue weighted by molar-refractivity contribution is -0.120. The molecule has 1 amide bonds. The number of nitrogens with two attached hydrogens (primary N) is 1. The van der Waals surface area contributed by atoms with E-state index in [0.29, 0.717) is 17.5 Å². The maximum absolute atomic E-state index is 13.6. The Morgan fingerprint density at radius 2 is 0.949 bits per heavy atom. The average molecular weight is 1090 g/mol. The Kier molecular flexibility index (Phi) is 21.8. The quantitative estimate of drug-likeness (QED) is 0.0504. The number of Topliss-reactive ketones (excluding diaryl/α,β-unsaturated/α-hetero) is 2. The first-order valence-electron chi connectivity index (χ1n) is 25.5. The Hall–Kier alpha value is -7.77. The van der Waals surface area contributed by atoms with Crippen LogP contribution in [0.1, 0.15) is 109 Å². The number of nitrogens with one attached hydrogen (secondary N) is 1. The van der Waals surface area contributed by atoms with Crippen LogP contribution in [0.15, 0.2) is 158 Å². The summed E-state index contributed by atoms with van der Waals surface area (Å²) in [6, 6.07) is 41.8. The number of ketones is 2. The topological polar surface area (TPSA) is 177 Å². The van der Waals surface area contributed by atoms with Gasteiger partial charge >= 0.3 is 18.0 Å². The van der Waals surface area contributed by atoms with Crippen LogP contribution >= 0.6 is 23.2 Å². The van der Waals surface area contributed by atoms with Gasteiger partial charge in [-0.1, -0.05) is 120 Å². The zero-order chi connectivity index (χ0) is 56.4. The van der Waals surface area contributed by atoms with E-state index in [2.05, 4.69) is 15.3 Å². The lowest BCUT2D eigenvalue weighted by atomic mass is 9.90. The minimum Gasteiger partial charge on any atom is -0.457 e. The highest BCUT2D eigenvalue weighted by Gasteiger charge is 2.25. The van der Waals surface area contributed by atoms with Gasteiger partial charge in [-0.3, -0.25) is 19.6 Å². The van der Waals surface area contributed by atoms with E-state index in [1.165, 1.54) is 0 Å². The van der Waals surface area contributed by atoms with Crippen molar-refractivity contribution < 1.29 is 38.2 Å². The number of benzene rings is 6. The number of fused-ring (bicyclic) bond motifs is 2. The van der Waals surface area contributed by atoms with Gasteiger partial charge in [-0.15, -0.1) is 23.2 Å². The van der Waals surface area contributed by atoms with Crippen molar-refractivity contribution in [2.75, 3.05) is 18.4 Å². The first kappa shape index (κ1) is 59.5. The van der Waals surface area contributed by atoms with E-state index < -0.39 is 17.6 Å². The molecule has 78 heavy (non-hydrogen) atoms. The van der Waals surface area contributed by atoms with Crippen LogP contribution in [0.4, 0.5) is 4.79 Å². The Labute approximate surface area is 466 Å². The molecule has 0 aliphatic rings. The zero-order valence-electron chi connectivity index (χ0n) is 45.1. The molecule has 0 fully saturated rings. The van der Waals surface area contributed by atoms with E-state index in [4.69, 9.17) is 43.1 Å². The normalized spacial score (nSPS) is 11.7. The number of rotatable bonds is 17. The summed E-state index contributed by atoms with van der Waals surface area (Å²) in [7, 11) is 0. The van der Waals surface area contributed by atoms with Crippen molar-refractivity contribution in [3.05, 3.63) is 225 Å². The largest absolute Gasteiger partial charge is 0.457 e. The SMILES string of the molecule is Cc1ccc(C(=O)OCc2ccc(C(CN)C(=O)Cc3ccc4cnccc4c3)cc2)c(C)c1.Cc1ccc(C(=O)OCc2ccc(C(CNC(=O)OC(C)(C)C)C(=O)Cc3ccc4cnccc4c3)cc2)c(C)c1.ClCCl. The Balaban J connectivity index is 0.000000244. The van der Waals surface area contributed by atoms with Crippen LogP contribution in [0.5, 0.6) is 0 Å². The summed E-state index contributed by atoms with van der Waals surface area (Å²) in [6.45, 7) is 13.7. The van der Waals surface area contributed by atoms with Crippen molar-refractivity contribution in [3.63, 3.8) is 0 Å². The van der Waals surface area contributed by atoms with Gasteiger partial charge in [0.1, 0.15) is 30.4 Å². The molecule has 0 spiro atoms. The van der Waals surface area contributed by atoms with Crippen molar-refractivity contribution >= 4 is 74.3 Å². The molecule has 14 heteroatoms. The molecular weight excluding hydrogens is 1020 g/mol. The standard InChI is InChI=1S/C34H36N2O5.C29H28N2O3.CH2Cl2/c1-22-6-13-29(23(2)16-22)32(38)40-21-24-7-10-26(11-8-24)30(20-36-33(39)41-34(3,4)5)31(37)18-25-9-12-28-19-35-15-14-27(28)17-25;1-19-3-10-26(20(2)13-19)29(33)34-18-21-4-7-23(8-5-21)27(16-30)28(32)15-22-6-9-25-17-31-12-11-24(25)14-22;2-1-3/h6-17,19,30H,18,20-21H2,1-5H3,(H,36,39);3-14,17,27H,15-16,18,30H2,1-2H3;1H2. The van der Waals surface area contributed by atoms with E-state index >= 15 is 0 Å². The van der Waals surface area contributed by atoms with Crippen molar-refractivity contribution in [2.45, 2.75) is 92.0 Å². The van der Waals surface area contributed by atoms with Crippen molar-refractivity contribution in [1.82, 2.24) is 15.3 Å². The molecule has 2 aromatic heterocycles. The maximum atomic E-state index is 13.6. The fourth-order valence-electron chi connectivity index (χ4n) is 8.74. The van der Waals surface area contributed by atoms with Crippen LogP contribution in [-0.2, 0) is 49.9 Å². The number of amides is 1. The van der Waals surface area contributed by atoms with E-state index in [0.717, 1.165) is 77.2 Å².